The molecule has 6 nitrogen and oxygen atoms in total. The molecule has 3 rings (SSSR count). The summed E-state index contributed by atoms with van der Waals surface area (Å²) in [5.41, 5.74) is 2.04. The largest absolute Gasteiger partial charge is 0.494 e. The van der Waals surface area contributed by atoms with Gasteiger partial charge < -0.3 is 14.5 Å². The average Bonchev–Trinajstić information content (AvgIpc) is 3.24. The lowest BCUT2D eigenvalue weighted by Crippen LogP contribution is -2.34. The summed E-state index contributed by atoms with van der Waals surface area (Å²) in [6, 6.07) is 17.7. The number of ether oxygens (including phenoxy) is 1. The minimum absolute atomic E-state index is 0.0461. The van der Waals surface area contributed by atoms with Gasteiger partial charge in [0.1, 0.15) is 5.75 Å². The van der Waals surface area contributed by atoms with E-state index in [4.69, 9.17) is 9.15 Å². The van der Waals surface area contributed by atoms with Crippen molar-refractivity contribution in [1.29, 1.82) is 0 Å². The van der Waals surface area contributed by atoms with Crippen LogP contribution in [-0.2, 0) is 4.79 Å². The van der Waals surface area contributed by atoms with Gasteiger partial charge >= 0.3 is 0 Å². The van der Waals surface area contributed by atoms with Crippen LogP contribution in [0.15, 0.2) is 64.2 Å². The van der Waals surface area contributed by atoms with E-state index in [2.05, 4.69) is 34.6 Å². The van der Waals surface area contributed by atoms with Crippen molar-refractivity contribution in [1.82, 2.24) is 15.5 Å². The Bertz CT molecular complexity index is 928. The summed E-state index contributed by atoms with van der Waals surface area (Å²) in [5, 5.41) is 11.2. The summed E-state index contributed by atoms with van der Waals surface area (Å²) in [5.74, 6) is 1.46. The third kappa shape index (κ3) is 5.86. The third-order valence-corrected chi connectivity index (χ3v) is 5.69. The number of nitrogens with one attached hydrogen (secondary N) is 1. The van der Waals surface area contributed by atoms with Crippen molar-refractivity contribution in [2.24, 2.45) is 0 Å². The molecule has 2 aromatic carbocycles. The zero-order chi connectivity index (χ0) is 21.3. The molecule has 3 aromatic rings. The van der Waals surface area contributed by atoms with Gasteiger partial charge in [-0.3, -0.25) is 4.79 Å². The Morgan fingerprint density at radius 1 is 1.10 bits per heavy atom. The molecule has 1 N–H and O–H groups in total. The molecule has 30 heavy (non-hydrogen) atoms. The molecule has 0 saturated carbocycles. The molecular formula is C23H27N3O3S. The van der Waals surface area contributed by atoms with Crippen LogP contribution in [0.25, 0.3) is 11.5 Å². The topological polar surface area (TPSA) is 77.2 Å². The molecule has 0 aliphatic heterocycles. The van der Waals surface area contributed by atoms with Crippen molar-refractivity contribution in [2.75, 3.05) is 13.2 Å². The molecule has 0 aliphatic rings. The second-order valence-electron chi connectivity index (χ2n) is 6.85. The number of benzene rings is 2. The van der Waals surface area contributed by atoms with Crippen LogP contribution in [0.2, 0.25) is 0 Å². The Kier molecular flexibility index (Phi) is 7.90. The molecular weight excluding hydrogens is 398 g/mol. The van der Waals surface area contributed by atoms with Crippen molar-refractivity contribution in [3.05, 3.63) is 60.2 Å². The van der Waals surface area contributed by atoms with Crippen LogP contribution in [0.3, 0.4) is 0 Å². The molecule has 0 spiro atoms. The van der Waals surface area contributed by atoms with Crippen molar-refractivity contribution >= 4 is 17.7 Å². The number of hydrogen-bond donors (Lipinski definition) is 1. The number of aromatic nitrogens is 2. The van der Waals surface area contributed by atoms with Gasteiger partial charge in [-0.2, -0.15) is 0 Å². The average molecular weight is 426 g/mol. The van der Waals surface area contributed by atoms with Crippen molar-refractivity contribution < 1.29 is 13.9 Å². The van der Waals surface area contributed by atoms with E-state index in [9.17, 15) is 4.79 Å². The fourth-order valence-corrected chi connectivity index (χ4v) is 3.74. The van der Waals surface area contributed by atoms with Crippen LogP contribution in [0, 0.1) is 0 Å². The highest BCUT2D eigenvalue weighted by Crippen LogP contribution is 2.27. The van der Waals surface area contributed by atoms with Gasteiger partial charge in [0.15, 0.2) is 0 Å². The molecule has 1 heterocycles. The monoisotopic (exact) mass is 425 g/mol. The zero-order valence-electron chi connectivity index (χ0n) is 17.5. The molecule has 0 bridgehead atoms. The van der Waals surface area contributed by atoms with Crippen LogP contribution in [-0.4, -0.2) is 34.5 Å². The van der Waals surface area contributed by atoms with E-state index in [1.54, 1.807) is 0 Å². The minimum atomic E-state index is -0.341. The number of hydrogen-bond acceptors (Lipinski definition) is 6. The highest BCUT2D eigenvalue weighted by molar-refractivity contribution is 8.00. The summed E-state index contributed by atoms with van der Waals surface area (Å²) in [6.07, 6.45) is 0.959. The Labute approximate surface area is 181 Å². The summed E-state index contributed by atoms with van der Waals surface area (Å²) >= 11 is 1.26. The molecule has 2 atom stereocenters. The van der Waals surface area contributed by atoms with E-state index >= 15 is 0 Å². The zero-order valence-corrected chi connectivity index (χ0v) is 18.3. The molecule has 1 amide bonds. The lowest BCUT2D eigenvalue weighted by atomic mass is 9.96. The molecule has 1 aromatic heterocycles. The summed E-state index contributed by atoms with van der Waals surface area (Å²) < 4.78 is 11.2. The lowest BCUT2D eigenvalue weighted by Gasteiger charge is -2.17. The number of nitrogens with zero attached hydrogens (tertiary/aromatic N) is 2. The molecule has 0 aliphatic carbocycles. The second-order valence-corrected chi connectivity index (χ2v) is 8.14. The molecule has 0 unspecified atom stereocenters. The normalized spacial score (nSPS) is 12.9. The maximum Gasteiger partial charge on any atom is 0.277 e. The van der Waals surface area contributed by atoms with Crippen molar-refractivity contribution in [3.63, 3.8) is 0 Å². The lowest BCUT2D eigenvalue weighted by molar-refractivity contribution is -0.120. The van der Waals surface area contributed by atoms with Gasteiger partial charge in [0.25, 0.3) is 5.22 Å². The predicted molar refractivity (Wildman–Crippen MR) is 119 cm³/mol. The first kappa shape index (κ1) is 21.9. The third-order valence-electron chi connectivity index (χ3n) is 4.75. The highest BCUT2D eigenvalue weighted by atomic mass is 32.2. The van der Waals surface area contributed by atoms with E-state index in [-0.39, 0.29) is 11.2 Å². The number of rotatable bonds is 10. The Hall–Kier alpha value is -2.80. The van der Waals surface area contributed by atoms with E-state index < -0.39 is 0 Å². The molecule has 0 radical (unpaired) electrons. The van der Waals surface area contributed by atoms with E-state index in [1.807, 2.05) is 56.3 Å². The second kappa shape index (κ2) is 10.8. The van der Waals surface area contributed by atoms with Gasteiger partial charge in [-0.15, -0.1) is 10.2 Å². The first-order valence-corrected chi connectivity index (χ1v) is 11.0. The fourth-order valence-electron chi connectivity index (χ4n) is 3.03. The van der Waals surface area contributed by atoms with Crippen molar-refractivity contribution in [2.45, 2.75) is 43.6 Å². The van der Waals surface area contributed by atoms with Crippen LogP contribution in [0.5, 0.6) is 5.75 Å². The smallest absolute Gasteiger partial charge is 0.277 e. The van der Waals surface area contributed by atoms with Gasteiger partial charge in [0, 0.05) is 18.0 Å². The highest BCUT2D eigenvalue weighted by Gasteiger charge is 2.20. The number of carbonyl (C=O) groups excluding carboxylic acids is 1. The van der Waals surface area contributed by atoms with E-state index in [0.29, 0.717) is 30.2 Å². The first-order valence-electron chi connectivity index (χ1n) is 10.2. The number of carbonyl (C=O) groups is 1. The van der Waals surface area contributed by atoms with Crippen molar-refractivity contribution in [3.8, 4) is 17.2 Å². The summed E-state index contributed by atoms with van der Waals surface area (Å²) in [4.78, 5) is 12.5. The maximum absolute atomic E-state index is 12.5. The predicted octanol–water partition coefficient (Wildman–Crippen LogP) is 4.93. The van der Waals surface area contributed by atoms with Crippen LogP contribution >= 0.6 is 11.8 Å². The minimum Gasteiger partial charge on any atom is -0.494 e. The Balaban J connectivity index is 1.54. The summed E-state index contributed by atoms with van der Waals surface area (Å²) in [6.45, 7) is 7.13. The van der Waals surface area contributed by atoms with E-state index in [0.717, 1.165) is 17.7 Å². The standard InChI is InChI=1S/C23H27N3O3S/c1-4-17(18-9-7-6-8-10-18)15-24-21(27)16(3)30-23-26-25-22(29-23)19-11-13-20(14-12-19)28-5-2/h6-14,16-17H,4-5,15H2,1-3H3,(H,24,27)/t16-,17+/m1/s1. The number of amides is 1. The van der Waals surface area contributed by atoms with E-state index in [1.165, 1.54) is 17.3 Å². The molecule has 0 saturated heterocycles. The van der Waals surface area contributed by atoms with Gasteiger partial charge in [0.2, 0.25) is 11.8 Å². The van der Waals surface area contributed by atoms with Gasteiger partial charge in [-0.25, -0.2) is 0 Å². The van der Waals surface area contributed by atoms with Gasteiger partial charge in [-0.1, -0.05) is 49.0 Å². The quantitative estimate of drug-likeness (QED) is 0.464. The Morgan fingerprint density at radius 2 is 1.83 bits per heavy atom. The summed E-state index contributed by atoms with van der Waals surface area (Å²) in [7, 11) is 0. The fraction of sp³-hybridized carbons (Fsp3) is 0.348. The molecule has 0 fully saturated rings. The molecule has 158 valence electrons. The molecule has 7 heteroatoms. The Morgan fingerprint density at radius 3 is 2.50 bits per heavy atom. The van der Waals surface area contributed by atoms with Gasteiger partial charge in [-0.05, 0) is 50.1 Å². The van der Waals surface area contributed by atoms with Gasteiger partial charge in [0.05, 0.1) is 11.9 Å². The van der Waals surface area contributed by atoms with Crippen LogP contribution in [0.1, 0.15) is 38.7 Å². The first-order chi connectivity index (χ1) is 14.6. The van der Waals surface area contributed by atoms with Crippen LogP contribution < -0.4 is 10.1 Å². The van der Waals surface area contributed by atoms with Crippen LogP contribution in [0.4, 0.5) is 0 Å². The maximum atomic E-state index is 12.5. The number of thioether (sulfide) groups is 1. The SMILES string of the molecule is CCOc1ccc(-c2nnc(S[C@H](C)C(=O)NC[C@H](CC)c3ccccc3)o2)cc1.